The van der Waals surface area contributed by atoms with Crippen LogP contribution in [-0.4, -0.2) is 34.1 Å². The third kappa shape index (κ3) is 5.95. The highest BCUT2D eigenvalue weighted by Crippen LogP contribution is 2.16. The maximum absolute atomic E-state index is 10.8. The van der Waals surface area contributed by atoms with Gasteiger partial charge < -0.3 is 9.84 Å². The summed E-state index contributed by atoms with van der Waals surface area (Å²) in [6.45, 7) is 2.57. The summed E-state index contributed by atoms with van der Waals surface area (Å²) >= 11 is 0. The molecule has 2 N–H and O–H groups in total. The van der Waals surface area contributed by atoms with Gasteiger partial charge in [-0.1, -0.05) is 30.3 Å². The summed E-state index contributed by atoms with van der Waals surface area (Å²) in [5.41, 5.74) is 6.42. The normalized spacial score (nSPS) is 11.3. The van der Waals surface area contributed by atoms with Gasteiger partial charge in [0.25, 0.3) is 0 Å². The highest BCUT2D eigenvalue weighted by atomic mass is 16.7. The Morgan fingerprint density at radius 2 is 2.03 bits per heavy atom. The van der Waals surface area contributed by atoms with Crippen molar-refractivity contribution in [3.05, 3.63) is 84.2 Å². The number of aromatic nitrogens is 2. The monoisotopic (exact) mass is 393 g/mol. The topological polar surface area (TPSA) is 85.6 Å². The van der Waals surface area contributed by atoms with Gasteiger partial charge in [-0.25, -0.2) is 4.68 Å². The summed E-state index contributed by atoms with van der Waals surface area (Å²) < 4.78 is 7.42. The van der Waals surface area contributed by atoms with E-state index in [2.05, 4.69) is 10.6 Å². The molecule has 0 saturated heterocycles. The molecule has 29 heavy (non-hydrogen) atoms. The van der Waals surface area contributed by atoms with E-state index >= 15 is 0 Å². The number of carbonyl (C=O) groups is 1. The van der Waals surface area contributed by atoms with Gasteiger partial charge in [0, 0.05) is 18.0 Å². The highest BCUT2D eigenvalue weighted by Gasteiger charge is 2.05. The molecule has 0 aliphatic rings. The molecule has 0 fully saturated rings. The van der Waals surface area contributed by atoms with E-state index in [9.17, 15) is 4.79 Å². The third-order valence-electron chi connectivity index (χ3n) is 4.10. The predicted molar refractivity (Wildman–Crippen MR) is 110 cm³/mol. The molecule has 0 saturated carbocycles. The van der Waals surface area contributed by atoms with Gasteiger partial charge in [-0.3, -0.25) is 15.1 Å². The highest BCUT2D eigenvalue weighted by molar-refractivity contribution is 5.70. The molecule has 0 aliphatic heterocycles. The number of ether oxygens (including phenoxy) is 1. The minimum Gasteiger partial charge on any atom is -0.491 e. The molecule has 2 aromatic carbocycles. The van der Waals surface area contributed by atoms with Gasteiger partial charge in [0.05, 0.1) is 17.8 Å². The van der Waals surface area contributed by atoms with Crippen LogP contribution in [0.4, 0.5) is 0 Å². The molecular weight excluding hydrogens is 370 g/mol. The summed E-state index contributed by atoms with van der Waals surface area (Å²) in [7, 11) is 0. The van der Waals surface area contributed by atoms with Crippen LogP contribution in [0.2, 0.25) is 0 Å². The number of hydroxylamine groups is 1. The first-order chi connectivity index (χ1) is 14.2. The van der Waals surface area contributed by atoms with E-state index in [0.29, 0.717) is 24.5 Å². The second kappa shape index (κ2) is 10.1. The van der Waals surface area contributed by atoms with E-state index in [-0.39, 0.29) is 6.42 Å². The SMILES string of the molecule is CC=C(NOCCOc1cccc(CC(=O)O)c1)c1cccc(-n2cccn2)c1. The van der Waals surface area contributed by atoms with Gasteiger partial charge in [-0.05, 0) is 42.8 Å². The fourth-order valence-corrected chi connectivity index (χ4v) is 2.77. The Hall–Kier alpha value is -3.58. The van der Waals surface area contributed by atoms with E-state index < -0.39 is 5.97 Å². The molecule has 150 valence electrons. The second-order valence-corrected chi connectivity index (χ2v) is 6.22. The lowest BCUT2D eigenvalue weighted by Crippen LogP contribution is -2.18. The smallest absolute Gasteiger partial charge is 0.307 e. The Labute approximate surface area is 169 Å². The van der Waals surface area contributed by atoms with Crippen molar-refractivity contribution < 1.29 is 19.5 Å². The number of aliphatic carboxylic acids is 1. The fourth-order valence-electron chi connectivity index (χ4n) is 2.77. The van der Waals surface area contributed by atoms with E-state index in [1.54, 1.807) is 35.1 Å². The van der Waals surface area contributed by atoms with Gasteiger partial charge in [0.2, 0.25) is 0 Å². The van der Waals surface area contributed by atoms with Crippen molar-refractivity contribution in [3.8, 4) is 11.4 Å². The first-order valence-electron chi connectivity index (χ1n) is 9.24. The lowest BCUT2D eigenvalue weighted by atomic mass is 10.1. The molecule has 0 atom stereocenters. The maximum atomic E-state index is 10.8. The Bertz CT molecular complexity index is 968. The van der Waals surface area contributed by atoms with Crippen LogP contribution in [0.1, 0.15) is 18.1 Å². The minimum atomic E-state index is -0.870. The number of benzene rings is 2. The molecule has 0 aliphatic carbocycles. The fraction of sp³-hybridized carbons (Fsp3) is 0.182. The van der Waals surface area contributed by atoms with Crippen molar-refractivity contribution in [2.75, 3.05) is 13.2 Å². The van der Waals surface area contributed by atoms with Crippen LogP contribution in [0.3, 0.4) is 0 Å². The summed E-state index contributed by atoms with van der Waals surface area (Å²) in [4.78, 5) is 16.3. The van der Waals surface area contributed by atoms with E-state index in [0.717, 1.165) is 16.9 Å². The number of allylic oxidation sites excluding steroid dienone is 1. The molecule has 3 aromatic rings. The Balaban J connectivity index is 1.49. The van der Waals surface area contributed by atoms with Crippen molar-refractivity contribution in [1.82, 2.24) is 15.3 Å². The summed E-state index contributed by atoms with van der Waals surface area (Å²) in [5.74, 6) is -0.254. The van der Waals surface area contributed by atoms with E-state index in [4.69, 9.17) is 14.7 Å². The predicted octanol–water partition coefficient (Wildman–Crippen LogP) is 3.46. The van der Waals surface area contributed by atoms with Crippen molar-refractivity contribution >= 4 is 11.7 Å². The van der Waals surface area contributed by atoms with Gasteiger partial charge in [0.1, 0.15) is 19.0 Å². The van der Waals surface area contributed by atoms with Gasteiger partial charge in [-0.2, -0.15) is 5.10 Å². The zero-order chi connectivity index (χ0) is 20.5. The number of carboxylic acids is 1. The first-order valence-corrected chi connectivity index (χ1v) is 9.24. The van der Waals surface area contributed by atoms with Gasteiger partial charge >= 0.3 is 5.97 Å². The summed E-state index contributed by atoms with van der Waals surface area (Å²) in [6.07, 6.45) is 5.53. The molecule has 0 unspecified atom stereocenters. The lowest BCUT2D eigenvalue weighted by molar-refractivity contribution is -0.136. The standard InChI is InChI=1S/C22H23N3O4/c1-2-21(18-7-4-8-19(16-18)25-11-5-10-23-25)24-29-13-12-28-20-9-3-6-17(14-20)15-22(26)27/h2-11,14,16,24H,12-13,15H2,1H3,(H,26,27). The van der Waals surface area contributed by atoms with Crippen LogP contribution in [0.15, 0.2) is 73.1 Å². The number of carboxylic acid groups (broad SMARTS) is 1. The van der Waals surface area contributed by atoms with Crippen LogP contribution in [0.25, 0.3) is 11.4 Å². The zero-order valence-electron chi connectivity index (χ0n) is 16.1. The summed E-state index contributed by atoms with van der Waals surface area (Å²) in [5, 5.41) is 13.1. The molecule has 0 spiro atoms. The quantitative estimate of drug-likeness (QED) is 0.405. The van der Waals surface area contributed by atoms with Crippen LogP contribution >= 0.6 is 0 Å². The Kier molecular flexibility index (Phi) is 7.02. The van der Waals surface area contributed by atoms with Gasteiger partial charge in [-0.15, -0.1) is 0 Å². The maximum Gasteiger partial charge on any atom is 0.307 e. The van der Waals surface area contributed by atoms with Crippen LogP contribution < -0.4 is 10.2 Å². The Morgan fingerprint density at radius 1 is 1.17 bits per heavy atom. The molecule has 0 radical (unpaired) electrons. The zero-order valence-corrected chi connectivity index (χ0v) is 16.1. The number of nitrogens with one attached hydrogen (secondary N) is 1. The molecule has 7 heteroatoms. The molecular formula is C22H23N3O4. The molecule has 3 rings (SSSR count). The van der Waals surface area contributed by atoms with Crippen molar-refractivity contribution in [3.63, 3.8) is 0 Å². The molecule has 0 amide bonds. The number of hydrogen-bond donors (Lipinski definition) is 2. The van der Waals surface area contributed by atoms with Crippen LogP contribution in [0.5, 0.6) is 5.75 Å². The molecule has 7 nitrogen and oxygen atoms in total. The Morgan fingerprint density at radius 3 is 2.79 bits per heavy atom. The molecule has 1 heterocycles. The average molecular weight is 393 g/mol. The first kappa shape index (κ1) is 20.2. The van der Waals surface area contributed by atoms with Crippen molar-refractivity contribution in [2.45, 2.75) is 13.3 Å². The van der Waals surface area contributed by atoms with Crippen molar-refractivity contribution in [1.29, 1.82) is 0 Å². The van der Waals surface area contributed by atoms with E-state index in [1.165, 1.54) is 0 Å². The number of nitrogens with zero attached hydrogens (tertiary/aromatic N) is 2. The largest absolute Gasteiger partial charge is 0.491 e. The molecule has 0 bridgehead atoms. The average Bonchev–Trinajstić information content (AvgIpc) is 3.25. The second-order valence-electron chi connectivity index (χ2n) is 6.22. The number of rotatable bonds is 10. The van der Waals surface area contributed by atoms with Gasteiger partial charge in [0.15, 0.2) is 0 Å². The minimum absolute atomic E-state index is 0.0303. The van der Waals surface area contributed by atoms with E-state index in [1.807, 2.05) is 49.5 Å². The summed E-state index contributed by atoms with van der Waals surface area (Å²) in [6, 6.07) is 16.9. The number of hydrogen-bond acceptors (Lipinski definition) is 5. The third-order valence-corrected chi connectivity index (χ3v) is 4.10. The van der Waals surface area contributed by atoms with Crippen LogP contribution in [0, 0.1) is 0 Å². The van der Waals surface area contributed by atoms with Crippen molar-refractivity contribution in [2.24, 2.45) is 0 Å². The van der Waals surface area contributed by atoms with Crippen LogP contribution in [-0.2, 0) is 16.1 Å². The lowest BCUT2D eigenvalue weighted by Gasteiger charge is -2.13. The molecule has 1 aromatic heterocycles.